The third-order valence-electron chi connectivity index (χ3n) is 5.36. The second-order valence-electron chi connectivity index (χ2n) is 7.14. The second-order valence-corrected chi connectivity index (χ2v) is 7.14. The minimum Gasteiger partial charge on any atom is -0.497 e. The number of hydrogen-bond donors (Lipinski definition) is 1. The van der Waals surface area contributed by atoms with Gasteiger partial charge < -0.3 is 19.5 Å². The first-order valence-electron chi connectivity index (χ1n) is 9.45. The number of benzene rings is 3. The van der Waals surface area contributed by atoms with Gasteiger partial charge in [0.15, 0.2) is 5.60 Å². The fraction of sp³-hybridized carbons (Fsp3) is 0.208. The number of carbonyl (C=O) groups excluding carboxylic acids is 1. The molecular weight excluding hydrogens is 366 g/mol. The van der Waals surface area contributed by atoms with Crippen molar-refractivity contribution >= 4 is 11.6 Å². The summed E-state index contributed by atoms with van der Waals surface area (Å²) in [6.07, 6.45) is 0.200. The van der Waals surface area contributed by atoms with Crippen molar-refractivity contribution < 1.29 is 19.4 Å². The van der Waals surface area contributed by atoms with E-state index in [1.807, 2.05) is 72.8 Å². The monoisotopic (exact) mass is 389 g/mol. The highest BCUT2D eigenvalue weighted by Gasteiger charge is 2.49. The lowest BCUT2D eigenvalue weighted by Gasteiger charge is -2.23. The Bertz CT molecular complexity index is 1010. The normalized spacial score (nSPS) is 17.9. The summed E-state index contributed by atoms with van der Waals surface area (Å²) in [6.45, 7) is 0.380. The van der Waals surface area contributed by atoms with Crippen molar-refractivity contribution in [2.45, 2.75) is 18.6 Å². The number of nitrogens with zero attached hydrogens (tertiary/aromatic N) is 1. The molecule has 1 aliphatic heterocycles. The molecule has 0 saturated carbocycles. The summed E-state index contributed by atoms with van der Waals surface area (Å²) in [5, 5.41) is 11.5. The molecule has 1 unspecified atom stereocenters. The standard InChI is InChI=1S/C24H23NO4/c1-28-19-11-7-17(8-12-19)15-24(27)21-5-3-4-6-22(21)25(23(24)26)16-18-9-13-20(29-2)14-10-18/h3-14,27H,15-16H2,1-2H3. The molecule has 3 aromatic carbocycles. The molecule has 1 atom stereocenters. The van der Waals surface area contributed by atoms with Gasteiger partial charge >= 0.3 is 0 Å². The maximum absolute atomic E-state index is 13.4. The zero-order chi connectivity index (χ0) is 20.4. The molecule has 0 radical (unpaired) electrons. The number of methoxy groups -OCH3 is 2. The molecule has 3 aromatic rings. The van der Waals surface area contributed by atoms with Crippen LogP contribution in [0.5, 0.6) is 11.5 Å². The highest BCUT2D eigenvalue weighted by Crippen LogP contribution is 2.43. The summed E-state index contributed by atoms with van der Waals surface area (Å²) in [6, 6.07) is 22.4. The van der Waals surface area contributed by atoms with E-state index in [1.54, 1.807) is 19.1 Å². The van der Waals surface area contributed by atoms with E-state index in [-0.39, 0.29) is 12.3 Å². The number of amides is 1. The summed E-state index contributed by atoms with van der Waals surface area (Å²) >= 11 is 0. The van der Waals surface area contributed by atoms with Gasteiger partial charge in [0, 0.05) is 12.0 Å². The van der Waals surface area contributed by atoms with Crippen LogP contribution in [0.1, 0.15) is 16.7 Å². The van der Waals surface area contributed by atoms with E-state index >= 15 is 0 Å². The summed E-state index contributed by atoms with van der Waals surface area (Å²) in [7, 11) is 3.23. The van der Waals surface area contributed by atoms with Crippen LogP contribution < -0.4 is 14.4 Å². The minimum atomic E-state index is -1.60. The van der Waals surface area contributed by atoms with Crippen LogP contribution in [0.4, 0.5) is 5.69 Å². The number of ether oxygens (including phenoxy) is 2. The highest BCUT2D eigenvalue weighted by atomic mass is 16.5. The first-order valence-corrected chi connectivity index (χ1v) is 9.45. The molecule has 1 heterocycles. The molecule has 0 aliphatic carbocycles. The number of aliphatic hydroxyl groups is 1. The van der Waals surface area contributed by atoms with Crippen molar-refractivity contribution in [1.82, 2.24) is 0 Å². The van der Waals surface area contributed by atoms with Gasteiger partial charge in [-0.15, -0.1) is 0 Å². The van der Waals surface area contributed by atoms with Crippen LogP contribution in [0.25, 0.3) is 0 Å². The average Bonchev–Trinajstić information content (AvgIpc) is 2.97. The van der Waals surface area contributed by atoms with Crippen molar-refractivity contribution in [3.8, 4) is 11.5 Å². The number of rotatable bonds is 6. The van der Waals surface area contributed by atoms with Crippen molar-refractivity contribution in [1.29, 1.82) is 0 Å². The number of hydrogen-bond acceptors (Lipinski definition) is 4. The Morgan fingerprint density at radius 3 is 1.97 bits per heavy atom. The van der Waals surface area contributed by atoms with Gasteiger partial charge in [-0.3, -0.25) is 4.79 Å². The first-order chi connectivity index (χ1) is 14.0. The predicted octanol–water partition coefficient (Wildman–Crippen LogP) is 3.68. The number of para-hydroxylation sites is 1. The Hall–Kier alpha value is -3.31. The number of carbonyl (C=O) groups is 1. The van der Waals surface area contributed by atoms with Crippen LogP contribution in [-0.4, -0.2) is 25.2 Å². The van der Waals surface area contributed by atoms with E-state index in [1.165, 1.54) is 0 Å². The van der Waals surface area contributed by atoms with Gasteiger partial charge in [-0.05, 0) is 41.5 Å². The highest BCUT2D eigenvalue weighted by molar-refractivity contribution is 6.07. The molecule has 1 N–H and O–H groups in total. The first kappa shape index (κ1) is 19.0. The molecule has 0 spiro atoms. The third kappa shape index (κ3) is 3.45. The molecule has 0 bridgehead atoms. The van der Waals surface area contributed by atoms with Crippen LogP contribution in [0.15, 0.2) is 72.8 Å². The topological polar surface area (TPSA) is 59.0 Å². The maximum atomic E-state index is 13.4. The van der Waals surface area contributed by atoms with Gasteiger partial charge in [-0.2, -0.15) is 0 Å². The fourth-order valence-electron chi connectivity index (χ4n) is 3.79. The van der Waals surface area contributed by atoms with Crippen molar-refractivity contribution in [3.05, 3.63) is 89.5 Å². The van der Waals surface area contributed by atoms with Crippen LogP contribution in [0, 0.1) is 0 Å². The van der Waals surface area contributed by atoms with Gasteiger partial charge in [-0.25, -0.2) is 0 Å². The van der Waals surface area contributed by atoms with Gasteiger partial charge in [-0.1, -0.05) is 42.5 Å². The fourth-order valence-corrected chi connectivity index (χ4v) is 3.79. The molecule has 4 rings (SSSR count). The lowest BCUT2D eigenvalue weighted by atomic mass is 9.88. The third-order valence-corrected chi connectivity index (χ3v) is 5.36. The van der Waals surface area contributed by atoms with Gasteiger partial charge in [0.2, 0.25) is 0 Å². The van der Waals surface area contributed by atoms with E-state index < -0.39 is 5.60 Å². The lowest BCUT2D eigenvalue weighted by molar-refractivity contribution is -0.136. The van der Waals surface area contributed by atoms with Gasteiger partial charge in [0.05, 0.1) is 26.5 Å². The van der Waals surface area contributed by atoms with Crippen molar-refractivity contribution in [2.24, 2.45) is 0 Å². The van der Waals surface area contributed by atoms with E-state index in [0.29, 0.717) is 12.1 Å². The van der Waals surface area contributed by atoms with Gasteiger partial charge in [0.1, 0.15) is 11.5 Å². The zero-order valence-corrected chi connectivity index (χ0v) is 16.5. The Morgan fingerprint density at radius 1 is 0.828 bits per heavy atom. The van der Waals surface area contributed by atoms with Crippen LogP contribution in [0.3, 0.4) is 0 Å². The molecule has 5 nitrogen and oxygen atoms in total. The van der Waals surface area contributed by atoms with E-state index in [4.69, 9.17) is 9.47 Å². The average molecular weight is 389 g/mol. The van der Waals surface area contributed by atoms with Crippen LogP contribution >= 0.6 is 0 Å². The molecule has 1 amide bonds. The summed E-state index contributed by atoms with van der Waals surface area (Å²) in [5.74, 6) is 1.18. The van der Waals surface area contributed by atoms with E-state index in [9.17, 15) is 9.90 Å². The second kappa shape index (κ2) is 7.60. The molecule has 5 heteroatoms. The van der Waals surface area contributed by atoms with E-state index in [0.717, 1.165) is 28.3 Å². The molecule has 0 aromatic heterocycles. The Labute approximate surface area is 170 Å². The van der Waals surface area contributed by atoms with Crippen molar-refractivity contribution in [3.63, 3.8) is 0 Å². The maximum Gasteiger partial charge on any atom is 0.264 e. The summed E-state index contributed by atoms with van der Waals surface area (Å²) < 4.78 is 10.4. The Kier molecular flexibility index (Phi) is 4.99. The Morgan fingerprint density at radius 2 is 1.38 bits per heavy atom. The smallest absolute Gasteiger partial charge is 0.264 e. The lowest BCUT2D eigenvalue weighted by Crippen LogP contribution is -2.41. The number of fused-ring (bicyclic) bond motifs is 1. The largest absolute Gasteiger partial charge is 0.497 e. The van der Waals surface area contributed by atoms with Crippen LogP contribution in [0.2, 0.25) is 0 Å². The molecule has 1 aliphatic rings. The molecule has 0 fully saturated rings. The van der Waals surface area contributed by atoms with Crippen molar-refractivity contribution in [2.75, 3.05) is 19.1 Å². The van der Waals surface area contributed by atoms with Crippen LogP contribution in [-0.2, 0) is 23.4 Å². The quantitative estimate of drug-likeness (QED) is 0.699. The molecule has 0 saturated heterocycles. The van der Waals surface area contributed by atoms with E-state index in [2.05, 4.69) is 0 Å². The SMILES string of the molecule is COc1ccc(CN2C(=O)C(O)(Cc3ccc(OC)cc3)c3ccccc32)cc1. The zero-order valence-electron chi connectivity index (χ0n) is 16.5. The summed E-state index contributed by atoms with van der Waals surface area (Å²) in [5.41, 5.74) is 1.60. The molecule has 29 heavy (non-hydrogen) atoms. The minimum absolute atomic E-state index is 0.200. The summed E-state index contributed by atoms with van der Waals surface area (Å²) in [4.78, 5) is 15.0. The molecular formula is C24H23NO4. The predicted molar refractivity (Wildman–Crippen MR) is 111 cm³/mol. The Balaban J connectivity index is 1.65. The number of anilines is 1. The molecule has 148 valence electrons. The van der Waals surface area contributed by atoms with Gasteiger partial charge in [0.25, 0.3) is 5.91 Å².